The molecule has 144 valence electrons. The van der Waals surface area contributed by atoms with Crippen molar-refractivity contribution in [2.45, 2.75) is 18.9 Å². The first-order valence-corrected chi connectivity index (χ1v) is 10.2. The highest BCUT2D eigenvalue weighted by Crippen LogP contribution is 2.27. The Labute approximate surface area is 165 Å². The van der Waals surface area contributed by atoms with Crippen molar-refractivity contribution in [3.05, 3.63) is 54.7 Å². The number of aliphatic hydroxyl groups is 1. The Bertz CT molecular complexity index is 975. The van der Waals surface area contributed by atoms with Crippen LogP contribution in [0.4, 0.5) is 5.95 Å². The first-order valence-electron chi connectivity index (χ1n) is 10.2. The molecule has 2 aliphatic heterocycles. The van der Waals surface area contributed by atoms with Crippen LogP contribution < -0.4 is 4.90 Å². The number of anilines is 1. The lowest BCUT2D eigenvalue weighted by Gasteiger charge is -2.21. The van der Waals surface area contributed by atoms with Crippen molar-refractivity contribution in [3.63, 3.8) is 0 Å². The molecule has 0 radical (unpaired) electrons. The van der Waals surface area contributed by atoms with Gasteiger partial charge >= 0.3 is 0 Å². The van der Waals surface area contributed by atoms with E-state index < -0.39 is 0 Å². The van der Waals surface area contributed by atoms with Crippen molar-refractivity contribution in [1.29, 1.82) is 0 Å². The summed E-state index contributed by atoms with van der Waals surface area (Å²) in [6, 6.07) is 16.9. The van der Waals surface area contributed by atoms with Gasteiger partial charge in [0.2, 0.25) is 5.95 Å². The molecule has 0 aliphatic carbocycles. The van der Waals surface area contributed by atoms with E-state index in [0.717, 1.165) is 62.8 Å². The molecule has 1 unspecified atom stereocenters. The Balaban J connectivity index is 1.31. The zero-order valence-corrected chi connectivity index (χ0v) is 16.0. The first kappa shape index (κ1) is 17.6. The number of aromatic nitrogens is 2. The summed E-state index contributed by atoms with van der Waals surface area (Å²) in [4.78, 5) is 14.1. The number of fused-ring (bicyclic) bond motifs is 1. The Hall–Kier alpha value is -2.50. The predicted octanol–water partition coefficient (Wildman–Crippen LogP) is 3.19. The van der Waals surface area contributed by atoms with Crippen LogP contribution in [0.2, 0.25) is 0 Å². The molecule has 0 bridgehead atoms. The van der Waals surface area contributed by atoms with Crippen molar-refractivity contribution in [1.82, 2.24) is 14.9 Å². The van der Waals surface area contributed by atoms with Crippen molar-refractivity contribution >= 4 is 16.7 Å². The summed E-state index contributed by atoms with van der Waals surface area (Å²) < 4.78 is 0. The topological polar surface area (TPSA) is 52.5 Å². The number of likely N-dealkylation sites (tertiary alicyclic amines) is 1. The lowest BCUT2D eigenvalue weighted by molar-refractivity contribution is 0.171. The molecule has 5 heteroatoms. The minimum atomic E-state index is -0.139. The monoisotopic (exact) mass is 374 g/mol. The summed E-state index contributed by atoms with van der Waals surface area (Å²) >= 11 is 0. The minimum Gasteiger partial charge on any atom is -0.392 e. The molecule has 2 saturated heterocycles. The molecular formula is C23H26N4O. The summed E-state index contributed by atoms with van der Waals surface area (Å²) in [6.45, 7) is 4.91. The van der Waals surface area contributed by atoms with E-state index in [4.69, 9.17) is 4.98 Å². The zero-order chi connectivity index (χ0) is 18.9. The quantitative estimate of drug-likeness (QED) is 0.760. The van der Waals surface area contributed by atoms with Crippen LogP contribution in [0, 0.1) is 5.92 Å². The average Bonchev–Trinajstić information content (AvgIpc) is 3.37. The minimum absolute atomic E-state index is 0.139. The van der Waals surface area contributed by atoms with E-state index in [9.17, 15) is 5.11 Å². The Morgan fingerprint density at radius 2 is 1.86 bits per heavy atom. The summed E-state index contributed by atoms with van der Waals surface area (Å²) in [5.41, 5.74) is 2.10. The van der Waals surface area contributed by atoms with E-state index in [1.54, 1.807) is 0 Å². The molecule has 5 rings (SSSR count). The SMILES string of the molecule is O[C@H]1CCN(CC2CCN(c3nccc(-c4ccc5ccccc5c4)n3)C2)C1. The standard InChI is InChI=1S/C23H26N4O/c28-21-9-11-26(16-21)14-17-8-12-27(15-17)23-24-10-7-22(25-23)20-6-5-18-3-1-2-4-19(18)13-20/h1-7,10,13,17,21,28H,8-9,11-12,14-16H2/t17?,21-/m0/s1. The predicted molar refractivity (Wildman–Crippen MR) is 112 cm³/mol. The van der Waals surface area contributed by atoms with Crippen molar-refractivity contribution < 1.29 is 5.11 Å². The molecule has 2 aromatic carbocycles. The van der Waals surface area contributed by atoms with Gasteiger partial charge in [-0.1, -0.05) is 36.4 Å². The third-order valence-corrected chi connectivity index (χ3v) is 6.02. The van der Waals surface area contributed by atoms with E-state index in [-0.39, 0.29) is 6.10 Å². The largest absolute Gasteiger partial charge is 0.392 e. The lowest BCUT2D eigenvalue weighted by atomic mass is 10.1. The molecule has 5 nitrogen and oxygen atoms in total. The fourth-order valence-corrected chi connectivity index (χ4v) is 4.52. The van der Waals surface area contributed by atoms with E-state index in [1.165, 1.54) is 10.8 Å². The number of benzene rings is 2. The van der Waals surface area contributed by atoms with E-state index in [1.807, 2.05) is 12.3 Å². The number of rotatable bonds is 4. The van der Waals surface area contributed by atoms with Gasteiger partial charge in [-0.2, -0.15) is 0 Å². The fraction of sp³-hybridized carbons (Fsp3) is 0.391. The van der Waals surface area contributed by atoms with Crippen LogP contribution in [0.1, 0.15) is 12.8 Å². The highest BCUT2D eigenvalue weighted by molar-refractivity contribution is 5.86. The van der Waals surface area contributed by atoms with Crippen molar-refractivity contribution in [2.24, 2.45) is 5.92 Å². The lowest BCUT2D eigenvalue weighted by Crippen LogP contribution is -2.30. The molecule has 2 aliphatic rings. The van der Waals surface area contributed by atoms with Gasteiger partial charge in [-0.25, -0.2) is 9.97 Å². The van der Waals surface area contributed by atoms with Crippen LogP contribution >= 0.6 is 0 Å². The second-order valence-corrected chi connectivity index (χ2v) is 8.11. The molecule has 2 atom stereocenters. The van der Waals surface area contributed by atoms with Crippen LogP contribution in [0.3, 0.4) is 0 Å². The van der Waals surface area contributed by atoms with Crippen molar-refractivity contribution in [3.8, 4) is 11.3 Å². The van der Waals surface area contributed by atoms with E-state index >= 15 is 0 Å². The van der Waals surface area contributed by atoms with E-state index in [2.05, 4.69) is 57.2 Å². The van der Waals surface area contributed by atoms with Gasteiger partial charge in [0, 0.05) is 44.5 Å². The zero-order valence-electron chi connectivity index (χ0n) is 16.0. The number of β-amino-alcohol motifs (C(OH)–C–C–N with tert-alkyl or cyclic N) is 1. The first-order chi connectivity index (χ1) is 13.7. The summed E-state index contributed by atoms with van der Waals surface area (Å²) in [6.07, 6.45) is 3.81. The van der Waals surface area contributed by atoms with Gasteiger partial charge in [0.25, 0.3) is 0 Å². The maximum absolute atomic E-state index is 9.74. The van der Waals surface area contributed by atoms with Crippen LogP contribution in [-0.2, 0) is 0 Å². The summed E-state index contributed by atoms with van der Waals surface area (Å²) in [5.74, 6) is 1.45. The molecule has 1 N–H and O–H groups in total. The van der Waals surface area contributed by atoms with Gasteiger partial charge in [-0.15, -0.1) is 0 Å². The Kier molecular flexibility index (Phi) is 4.71. The second kappa shape index (κ2) is 7.49. The highest BCUT2D eigenvalue weighted by Gasteiger charge is 2.29. The number of nitrogens with zero attached hydrogens (tertiary/aromatic N) is 4. The van der Waals surface area contributed by atoms with Crippen LogP contribution in [0.25, 0.3) is 22.0 Å². The Morgan fingerprint density at radius 3 is 2.71 bits per heavy atom. The summed E-state index contributed by atoms with van der Waals surface area (Å²) in [5, 5.41) is 12.2. The normalized spacial score (nSPS) is 23.0. The molecule has 3 aromatic rings. The third-order valence-electron chi connectivity index (χ3n) is 6.02. The third kappa shape index (κ3) is 3.60. The number of hydrogen-bond donors (Lipinski definition) is 1. The maximum atomic E-state index is 9.74. The summed E-state index contributed by atoms with van der Waals surface area (Å²) in [7, 11) is 0. The maximum Gasteiger partial charge on any atom is 0.225 e. The molecular weight excluding hydrogens is 348 g/mol. The van der Waals surface area contributed by atoms with E-state index in [0.29, 0.717) is 5.92 Å². The average molecular weight is 374 g/mol. The van der Waals surface area contributed by atoms with Crippen LogP contribution in [0.15, 0.2) is 54.7 Å². The molecule has 3 heterocycles. The second-order valence-electron chi connectivity index (χ2n) is 8.11. The number of hydrogen-bond acceptors (Lipinski definition) is 5. The van der Waals surface area contributed by atoms with Gasteiger partial charge in [-0.05, 0) is 41.7 Å². The van der Waals surface area contributed by atoms with Crippen LogP contribution in [-0.4, -0.2) is 58.8 Å². The fourth-order valence-electron chi connectivity index (χ4n) is 4.52. The van der Waals surface area contributed by atoms with Gasteiger partial charge in [-0.3, -0.25) is 0 Å². The van der Waals surface area contributed by atoms with Gasteiger partial charge in [0.05, 0.1) is 11.8 Å². The highest BCUT2D eigenvalue weighted by atomic mass is 16.3. The molecule has 28 heavy (non-hydrogen) atoms. The van der Waals surface area contributed by atoms with Crippen LogP contribution in [0.5, 0.6) is 0 Å². The van der Waals surface area contributed by atoms with Gasteiger partial charge in [0.15, 0.2) is 0 Å². The molecule has 2 fully saturated rings. The molecule has 0 spiro atoms. The molecule has 0 amide bonds. The molecule has 0 saturated carbocycles. The molecule has 1 aromatic heterocycles. The smallest absolute Gasteiger partial charge is 0.225 e. The van der Waals surface area contributed by atoms with Gasteiger partial charge < -0.3 is 14.9 Å². The number of aliphatic hydroxyl groups excluding tert-OH is 1. The van der Waals surface area contributed by atoms with Crippen molar-refractivity contribution in [2.75, 3.05) is 37.6 Å². The van der Waals surface area contributed by atoms with Gasteiger partial charge in [0.1, 0.15) is 0 Å². The Morgan fingerprint density at radius 1 is 0.964 bits per heavy atom.